The van der Waals surface area contributed by atoms with E-state index in [0.29, 0.717) is 13.0 Å². The number of carbonyl (C=O) groups is 2. The highest BCUT2D eigenvalue weighted by molar-refractivity contribution is 6.00. The zero-order valence-corrected chi connectivity index (χ0v) is 9.42. The Morgan fingerprint density at radius 3 is 2.62 bits per heavy atom. The number of rotatable bonds is 4. The standard InChI is InChI=1S/C11H19N3O2/c12-7-2-1-4-8-9(15)14-11(5-3-6-11)10(16)13-8/h8H,1-7,12H2,(H,13,16)(H,14,15)/t8-/m0/s1. The lowest BCUT2D eigenvalue weighted by molar-refractivity contribution is -0.145. The van der Waals surface area contributed by atoms with E-state index < -0.39 is 5.54 Å². The van der Waals surface area contributed by atoms with Gasteiger partial charge in [-0.15, -0.1) is 0 Å². The average molecular weight is 225 g/mol. The lowest BCUT2D eigenvalue weighted by Gasteiger charge is -2.45. The second-order valence-corrected chi connectivity index (χ2v) is 4.74. The average Bonchev–Trinajstić information content (AvgIpc) is 2.20. The van der Waals surface area contributed by atoms with E-state index in [-0.39, 0.29) is 17.9 Å². The molecule has 0 unspecified atom stereocenters. The van der Waals surface area contributed by atoms with Crippen LogP contribution >= 0.6 is 0 Å². The second kappa shape index (κ2) is 4.41. The van der Waals surface area contributed by atoms with Crippen LogP contribution in [-0.4, -0.2) is 29.9 Å². The number of hydrogen-bond donors (Lipinski definition) is 3. The molecule has 1 atom stereocenters. The van der Waals surface area contributed by atoms with Crippen LogP contribution in [0.15, 0.2) is 0 Å². The molecule has 1 spiro atoms. The number of unbranched alkanes of at least 4 members (excludes halogenated alkanes) is 1. The molecule has 1 saturated heterocycles. The summed E-state index contributed by atoms with van der Waals surface area (Å²) < 4.78 is 0. The van der Waals surface area contributed by atoms with Crippen molar-refractivity contribution in [3.63, 3.8) is 0 Å². The molecule has 2 aliphatic rings. The highest BCUT2D eigenvalue weighted by Crippen LogP contribution is 2.34. The fourth-order valence-electron chi connectivity index (χ4n) is 2.32. The molecule has 5 heteroatoms. The molecule has 2 fully saturated rings. The molecule has 5 nitrogen and oxygen atoms in total. The third kappa shape index (κ3) is 1.91. The van der Waals surface area contributed by atoms with E-state index in [1.54, 1.807) is 0 Å². The summed E-state index contributed by atoms with van der Waals surface area (Å²) in [6, 6.07) is -0.356. The van der Waals surface area contributed by atoms with Crippen LogP contribution < -0.4 is 16.4 Å². The third-order valence-electron chi connectivity index (χ3n) is 3.57. The van der Waals surface area contributed by atoms with Crippen LogP contribution in [0.2, 0.25) is 0 Å². The van der Waals surface area contributed by atoms with Crippen molar-refractivity contribution in [3.05, 3.63) is 0 Å². The maximum Gasteiger partial charge on any atom is 0.246 e. The number of piperazine rings is 1. The predicted molar refractivity (Wildman–Crippen MR) is 59.6 cm³/mol. The highest BCUT2D eigenvalue weighted by atomic mass is 16.2. The van der Waals surface area contributed by atoms with Gasteiger partial charge in [-0.1, -0.05) is 0 Å². The molecule has 1 aliphatic heterocycles. The summed E-state index contributed by atoms with van der Waals surface area (Å²) >= 11 is 0. The summed E-state index contributed by atoms with van der Waals surface area (Å²) in [7, 11) is 0. The fraction of sp³-hybridized carbons (Fsp3) is 0.818. The number of amides is 2. The molecule has 1 heterocycles. The Kier molecular flexibility index (Phi) is 3.14. The molecule has 2 amide bonds. The molecular formula is C11H19N3O2. The minimum absolute atomic E-state index is 0.00361. The summed E-state index contributed by atoms with van der Waals surface area (Å²) in [6.45, 7) is 0.631. The van der Waals surface area contributed by atoms with E-state index in [2.05, 4.69) is 10.6 Å². The summed E-state index contributed by atoms with van der Waals surface area (Å²) in [4.78, 5) is 23.6. The Labute approximate surface area is 95.1 Å². The van der Waals surface area contributed by atoms with Gasteiger partial charge >= 0.3 is 0 Å². The van der Waals surface area contributed by atoms with Crippen molar-refractivity contribution in [2.45, 2.75) is 50.1 Å². The van der Waals surface area contributed by atoms with Crippen molar-refractivity contribution in [1.82, 2.24) is 10.6 Å². The molecule has 1 saturated carbocycles. The second-order valence-electron chi connectivity index (χ2n) is 4.74. The molecule has 4 N–H and O–H groups in total. The minimum Gasteiger partial charge on any atom is -0.342 e. The lowest BCUT2D eigenvalue weighted by atomic mass is 9.74. The zero-order valence-electron chi connectivity index (χ0n) is 9.42. The molecule has 0 bridgehead atoms. The first-order chi connectivity index (χ1) is 7.68. The maximum absolute atomic E-state index is 11.8. The molecule has 90 valence electrons. The van der Waals surface area contributed by atoms with Crippen LogP contribution in [0.3, 0.4) is 0 Å². The van der Waals surface area contributed by atoms with Gasteiger partial charge in [0.05, 0.1) is 0 Å². The third-order valence-corrected chi connectivity index (χ3v) is 3.57. The van der Waals surface area contributed by atoms with E-state index in [4.69, 9.17) is 5.73 Å². The monoisotopic (exact) mass is 225 g/mol. The molecule has 16 heavy (non-hydrogen) atoms. The molecule has 0 aromatic heterocycles. The Morgan fingerprint density at radius 2 is 2.06 bits per heavy atom. The van der Waals surface area contributed by atoms with Gasteiger partial charge in [-0.2, -0.15) is 0 Å². The molecule has 0 aromatic carbocycles. The zero-order chi connectivity index (χ0) is 11.6. The first-order valence-electron chi connectivity index (χ1n) is 6.01. The number of nitrogens with one attached hydrogen (secondary N) is 2. The quantitative estimate of drug-likeness (QED) is 0.572. The maximum atomic E-state index is 11.8. The Hall–Kier alpha value is -1.10. The van der Waals surface area contributed by atoms with E-state index in [9.17, 15) is 9.59 Å². The number of carbonyl (C=O) groups excluding carboxylic acids is 2. The molecular weight excluding hydrogens is 206 g/mol. The van der Waals surface area contributed by atoms with E-state index in [1.807, 2.05) is 0 Å². The van der Waals surface area contributed by atoms with Gasteiger partial charge in [0, 0.05) is 0 Å². The first kappa shape index (κ1) is 11.4. The van der Waals surface area contributed by atoms with Gasteiger partial charge in [0.25, 0.3) is 0 Å². The smallest absolute Gasteiger partial charge is 0.246 e. The van der Waals surface area contributed by atoms with E-state index in [0.717, 1.165) is 32.1 Å². The topological polar surface area (TPSA) is 84.2 Å². The van der Waals surface area contributed by atoms with Gasteiger partial charge < -0.3 is 16.4 Å². The summed E-state index contributed by atoms with van der Waals surface area (Å²) in [5, 5.41) is 5.70. The van der Waals surface area contributed by atoms with Gasteiger partial charge in [-0.3, -0.25) is 9.59 Å². The molecule has 2 rings (SSSR count). The normalized spacial score (nSPS) is 27.2. The van der Waals surface area contributed by atoms with Crippen molar-refractivity contribution >= 4 is 11.8 Å². The van der Waals surface area contributed by atoms with Crippen LogP contribution in [0.4, 0.5) is 0 Å². The summed E-state index contributed by atoms with van der Waals surface area (Å²) in [6.07, 6.45) is 5.03. The summed E-state index contributed by atoms with van der Waals surface area (Å²) in [5.74, 6) is -0.0348. The van der Waals surface area contributed by atoms with Crippen LogP contribution in [0, 0.1) is 0 Å². The van der Waals surface area contributed by atoms with Crippen LogP contribution in [0.5, 0.6) is 0 Å². The largest absolute Gasteiger partial charge is 0.342 e. The van der Waals surface area contributed by atoms with Gasteiger partial charge in [-0.25, -0.2) is 0 Å². The van der Waals surface area contributed by atoms with Gasteiger partial charge in [0.15, 0.2) is 0 Å². The summed E-state index contributed by atoms with van der Waals surface area (Å²) in [5.41, 5.74) is 4.82. The number of hydrogen-bond acceptors (Lipinski definition) is 3. The van der Waals surface area contributed by atoms with E-state index >= 15 is 0 Å². The molecule has 0 aromatic rings. The predicted octanol–water partition coefficient (Wildman–Crippen LogP) is -0.347. The lowest BCUT2D eigenvalue weighted by Crippen LogP contribution is -2.71. The van der Waals surface area contributed by atoms with Crippen LogP contribution in [0.1, 0.15) is 38.5 Å². The van der Waals surface area contributed by atoms with Crippen molar-refractivity contribution in [2.75, 3.05) is 6.54 Å². The number of nitrogens with two attached hydrogens (primary N) is 1. The van der Waals surface area contributed by atoms with Crippen molar-refractivity contribution < 1.29 is 9.59 Å². The van der Waals surface area contributed by atoms with Crippen molar-refractivity contribution in [3.8, 4) is 0 Å². The SMILES string of the molecule is NCCCC[C@@H]1NC(=O)C2(CCC2)NC1=O. The first-order valence-corrected chi connectivity index (χ1v) is 6.01. The molecule has 1 aliphatic carbocycles. The van der Waals surface area contributed by atoms with Gasteiger partial charge in [0.1, 0.15) is 11.6 Å². The van der Waals surface area contributed by atoms with Gasteiger partial charge in [0.2, 0.25) is 11.8 Å². The highest BCUT2D eigenvalue weighted by Gasteiger charge is 2.50. The molecule has 0 radical (unpaired) electrons. The van der Waals surface area contributed by atoms with Crippen molar-refractivity contribution in [1.29, 1.82) is 0 Å². The Balaban J connectivity index is 1.89. The van der Waals surface area contributed by atoms with Crippen LogP contribution in [-0.2, 0) is 9.59 Å². The Morgan fingerprint density at radius 1 is 1.31 bits per heavy atom. The van der Waals surface area contributed by atoms with Crippen molar-refractivity contribution in [2.24, 2.45) is 5.73 Å². The van der Waals surface area contributed by atoms with E-state index in [1.165, 1.54) is 0 Å². The van der Waals surface area contributed by atoms with Gasteiger partial charge in [-0.05, 0) is 45.1 Å². The van der Waals surface area contributed by atoms with Crippen LogP contribution in [0.25, 0.3) is 0 Å². The minimum atomic E-state index is -0.568. The fourth-order valence-corrected chi connectivity index (χ4v) is 2.32. The Bertz CT molecular complexity index is 300.